The predicted octanol–water partition coefficient (Wildman–Crippen LogP) is 3.17. The van der Waals surface area contributed by atoms with Crippen molar-refractivity contribution in [1.29, 1.82) is 0 Å². The summed E-state index contributed by atoms with van der Waals surface area (Å²) < 4.78 is 5.40. The van der Waals surface area contributed by atoms with Crippen molar-refractivity contribution in [3.63, 3.8) is 0 Å². The summed E-state index contributed by atoms with van der Waals surface area (Å²) in [6.07, 6.45) is 2.59. The highest BCUT2D eigenvalue weighted by atomic mass is 16.5. The van der Waals surface area contributed by atoms with Gasteiger partial charge in [-0.2, -0.15) is 0 Å². The summed E-state index contributed by atoms with van der Waals surface area (Å²) in [5, 5.41) is 0. The summed E-state index contributed by atoms with van der Waals surface area (Å²) in [5.74, 6) is 0. The average Bonchev–Trinajstić information content (AvgIpc) is 2.73. The summed E-state index contributed by atoms with van der Waals surface area (Å²) in [5.41, 5.74) is 0.592. The highest BCUT2D eigenvalue weighted by molar-refractivity contribution is 4.96. The first-order chi connectivity index (χ1) is 7.35. The first kappa shape index (κ1) is 14.9. The Labute approximate surface area is 96.0 Å². The Morgan fingerprint density at radius 3 is 2.13 bits per heavy atom. The Balaban J connectivity index is 0.000000442. The Hall–Kier alpha value is -0.0800. The normalized spacial score (nSPS) is 22.2. The topological polar surface area (TPSA) is 12.5 Å². The van der Waals surface area contributed by atoms with Crippen LogP contribution in [0.2, 0.25) is 0 Å². The largest absolute Gasteiger partial charge is 0.381 e. The van der Waals surface area contributed by atoms with Crippen molar-refractivity contribution in [3.05, 3.63) is 0 Å². The fraction of sp³-hybridized carbons (Fsp3) is 1.00. The molecule has 2 aliphatic rings. The van der Waals surface area contributed by atoms with Crippen LogP contribution in [-0.4, -0.2) is 37.7 Å². The molecule has 2 saturated heterocycles. The van der Waals surface area contributed by atoms with Crippen LogP contribution in [0.4, 0.5) is 0 Å². The number of likely N-dealkylation sites (tertiary alicyclic amines) is 1. The van der Waals surface area contributed by atoms with E-state index in [2.05, 4.69) is 11.8 Å². The maximum Gasteiger partial charge on any atom is 0.0547 e. The van der Waals surface area contributed by atoms with Crippen LogP contribution in [-0.2, 0) is 4.74 Å². The number of nitrogens with zero attached hydrogens (tertiary/aromatic N) is 1. The van der Waals surface area contributed by atoms with Crippen LogP contribution in [0.5, 0.6) is 0 Å². The molecule has 2 heteroatoms. The molecule has 0 unspecified atom stereocenters. The van der Waals surface area contributed by atoms with Crippen molar-refractivity contribution in [1.82, 2.24) is 4.90 Å². The molecular weight excluding hydrogens is 186 g/mol. The van der Waals surface area contributed by atoms with E-state index in [1.54, 1.807) is 0 Å². The summed E-state index contributed by atoms with van der Waals surface area (Å²) in [6.45, 7) is 16.1. The molecule has 2 fully saturated rings. The molecule has 2 rings (SSSR count). The number of hydrogen-bond acceptors (Lipinski definition) is 2. The minimum absolute atomic E-state index is 0.592. The molecule has 0 atom stereocenters. The summed E-state index contributed by atoms with van der Waals surface area (Å²) in [6, 6.07) is 0. The van der Waals surface area contributed by atoms with E-state index in [-0.39, 0.29) is 0 Å². The van der Waals surface area contributed by atoms with Crippen molar-refractivity contribution in [3.8, 4) is 0 Å². The van der Waals surface area contributed by atoms with E-state index in [4.69, 9.17) is 4.74 Å². The molecule has 2 nitrogen and oxygen atoms in total. The quantitative estimate of drug-likeness (QED) is 0.701. The second kappa shape index (κ2) is 8.12. The molecule has 92 valence electrons. The lowest BCUT2D eigenvalue weighted by atomic mass is 9.79. The third-order valence-electron chi connectivity index (χ3n) is 2.84. The van der Waals surface area contributed by atoms with Gasteiger partial charge in [-0.1, -0.05) is 34.6 Å². The van der Waals surface area contributed by atoms with Crippen LogP contribution in [0.1, 0.15) is 47.5 Å². The van der Waals surface area contributed by atoms with E-state index in [0.29, 0.717) is 5.41 Å². The van der Waals surface area contributed by atoms with Crippen LogP contribution in [0.15, 0.2) is 0 Å². The molecular formula is C13H29NO. The van der Waals surface area contributed by atoms with E-state index in [1.807, 2.05) is 27.7 Å². The van der Waals surface area contributed by atoms with Gasteiger partial charge in [-0.15, -0.1) is 0 Å². The van der Waals surface area contributed by atoms with E-state index in [9.17, 15) is 0 Å². The van der Waals surface area contributed by atoms with Crippen molar-refractivity contribution >= 4 is 0 Å². The van der Waals surface area contributed by atoms with Gasteiger partial charge in [0.2, 0.25) is 0 Å². The van der Waals surface area contributed by atoms with E-state index in [1.165, 1.54) is 32.5 Å². The molecule has 0 aliphatic carbocycles. The zero-order valence-electron chi connectivity index (χ0n) is 11.3. The lowest BCUT2D eigenvalue weighted by molar-refractivity contribution is -0.00631. The molecule has 15 heavy (non-hydrogen) atoms. The minimum atomic E-state index is 0.592. The van der Waals surface area contributed by atoms with Gasteiger partial charge >= 0.3 is 0 Å². The Kier molecular flexibility index (Phi) is 8.07. The van der Waals surface area contributed by atoms with Gasteiger partial charge in [-0.3, -0.25) is 0 Å². The SMILES string of the molecule is CC.CC.CCCN1CC2(CCOC2)C1. The highest BCUT2D eigenvalue weighted by Gasteiger charge is 2.44. The second-order valence-electron chi connectivity index (χ2n) is 4.01. The van der Waals surface area contributed by atoms with Gasteiger partial charge in [-0.05, 0) is 19.4 Å². The molecule has 1 spiro atoms. The molecule has 0 bridgehead atoms. The average molecular weight is 215 g/mol. The summed E-state index contributed by atoms with van der Waals surface area (Å²) >= 11 is 0. The second-order valence-corrected chi connectivity index (χ2v) is 4.01. The Morgan fingerprint density at radius 1 is 1.13 bits per heavy atom. The minimum Gasteiger partial charge on any atom is -0.381 e. The van der Waals surface area contributed by atoms with Gasteiger partial charge in [0.15, 0.2) is 0 Å². The van der Waals surface area contributed by atoms with Gasteiger partial charge < -0.3 is 9.64 Å². The maximum absolute atomic E-state index is 5.40. The smallest absolute Gasteiger partial charge is 0.0547 e. The molecule has 2 heterocycles. The highest BCUT2D eigenvalue weighted by Crippen LogP contribution is 2.37. The van der Waals surface area contributed by atoms with Crippen LogP contribution in [0, 0.1) is 5.41 Å². The fourth-order valence-electron chi connectivity index (χ4n) is 2.28. The molecule has 0 N–H and O–H groups in total. The van der Waals surface area contributed by atoms with E-state index >= 15 is 0 Å². The molecule has 0 amide bonds. The first-order valence-electron chi connectivity index (χ1n) is 6.65. The van der Waals surface area contributed by atoms with Crippen molar-refractivity contribution in [2.45, 2.75) is 47.5 Å². The lowest BCUT2D eigenvalue weighted by Gasteiger charge is -2.47. The first-order valence-corrected chi connectivity index (χ1v) is 6.65. The molecule has 0 aromatic heterocycles. The van der Waals surface area contributed by atoms with E-state index < -0.39 is 0 Å². The molecule has 0 aromatic rings. The number of rotatable bonds is 2. The number of ether oxygens (including phenoxy) is 1. The molecule has 2 aliphatic heterocycles. The zero-order valence-corrected chi connectivity index (χ0v) is 11.3. The van der Waals surface area contributed by atoms with Crippen LogP contribution in [0.3, 0.4) is 0 Å². The van der Waals surface area contributed by atoms with Crippen molar-refractivity contribution < 1.29 is 4.74 Å². The zero-order chi connectivity index (χ0) is 11.7. The lowest BCUT2D eigenvalue weighted by Crippen LogP contribution is -2.56. The van der Waals surface area contributed by atoms with Crippen LogP contribution >= 0.6 is 0 Å². The van der Waals surface area contributed by atoms with E-state index in [0.717, 1.165) is 13.2 Å². The standard InChI is InChI=1S/C9H17NO.2C2H6/c1-2-4-10-6-9(7-10)3-5-11-8-9;2*1-2/h2-8H2,1H3;2*1-2H3. The molecule has 0 saturated carbocycles. The van der Waals surface area contributed by atoms with Gasteiger partial charge in [0.25, 0.3) is 0 Å². The van der Waals surface area contributed by atoms with Crippen LogP contribution < -0.4 is 0 Å². The summed E-state index contributed by atoms with van der Waals surface area (Å²) in [4.78, 5) is 2.54. The third-order valence-corrected chi connectivity index (χ3v) is 2.84. The predicted molar refractivity (Wildman–Crippen MR) is 67.3 cm³/mol. The van der Waals surface area contributed by atoms with Crippen molar-refractivity contribution in [2.24, 2.45) is 5.41 Å². The monoisotopic (exact) mass is 215 g/mol. The van der Waals surface area contributed by atoms with Gasteiger partial charge in [-0.25, -0.2) is 0 Å². The molecule has 0 aromatic carbocycles. The molecule has 0 radical (unpaired) electrons. The Morgan fingerprint density at radius 2 is 1.73 bits per heavy atom. The third kappa shape index (κ3) is 4.12. The van der Waals surface area contributed by atoms with Crippen molar-refractivity contribution in [2.75, 3.05) is 32.8 Å². The Bertz CT molecular complexity index is 133. The fourth-order valence-corrected chi connectivity index (χ4v) is 2.28. The van der Waals surface area contributed by atoms with Gasteiger partial charge in [0.1, 0.15) is 0 Å². The maximum atomic E-state index is 5.40. The van der Waals surface area contributed by atoms with Gasteiger partial charge in [0.05, 0.1) is 6.61 Å². The van der Waals surface area contributed by atoms with Crippen LogP contribution in [0.25, 0.3) is 0 Å². The number of hydrogen-bond donors (Lipinski definition) is 0. The summed E-state index contributed by atoms with van der Waals surface area (Å²) in [7, 11) is 0. The van der Waals surface area contributed by atoms with Gasteiger partial charge in [0, 0.05) is 25.1 Å².